The number of nitrogens with one attached hydrogen (secondary N) is 1. The number of para-hydroxylation sites is 1. The van der Waals surface area contributed by atoms with E-state index in [2.05, 4.69) is 4.72 Å². The van der Waals surface area contributed by atoms with Crippen molar-refractivity contribution >= 4 is 26.6 Å². The Kier molecular flexibility index (Phi) is 6.01. The van der Waals surface area contributed by atoms with Gasteiger partial charge in [-0.1, -0.05) is 38.1 Å². The van der Waals surface area contributed by atoms with Crippen LogP contribution in [0.4, 0.5) is 5.69 Å². The molecule has 3 aromatic rings. The van der Waals surface area contributed by atoms with E-state index in [0.29, 0.717) is 17.7 Å². The fraction of sp³-hybridized carbons (Fsp3) is 0.364. The lowest BCUT2D eigenvalue weighted by Crippen LogP contribution is -2.41. The molecular formula is C22H27N3O4S. The van der Waals surface area contributed by atoms with Crippen molar-refractivity contribution in [3.63, 3.8) is 0 Å². The van der Waals surface area contributed by atoms with Crippen LogP contribution in [0.25, 0.3) is 10.9 Å². The Hall–Kier alpha value is -2.71. The lowest BCUT2D eigenvalue weighted by atomic mass is 10.1. The molecule has 0 spiro atoms. The summed E-state index contributed by atoms with van der Waals surface area (Å²) >= 11 is 0. The minimum absolute atomic E-state index is 0.0222. The van der Waals surface area contributed by atoms with E-state index in [1.54, 1.807) is 19.9 Å². The van der Waals surface area contributed by atoms with E-state index in [4.69, 9.17) is 0 Å². The first-order valence-electron chi connectivity index (χ1n) is 9.83. The topological polar surface area (TPSA) is 94.2 Å². The van der Waals surface area contributed by atoms with Gasteiger partial charge in [-0.15, -0.1) is 0 Å². The lowest BCUT2D eigenvalue weighted by Gasteiger charge is -2.24. The van der Waals surface area contributed by atoms with Crippen molar-refractivity contribution in [2.45, 2.75) is 52.1 Å². The Morgan fingerprint density at radius 2 is 1.77 bits per heavy atom. The van der Waals surface area contributed by atoms with Crippen LogP contribution < -0.4 is 4.72 Å². The van der Waals surface area contributed by atoms with E-state index >= 15 is 0 Å². The molecule has 0 aliphatic carbocycles. The predicted octanol–water partition coefficient (Wildman–Crippen LogP) is 4.48. The van der Waals surface area contributed by atoms with Gasteiger partial charge in [0.2, 0.25) is 10.0 Å². The second-order valence-electron chi connectivity index (χ2n) is 8.14. The molecule has 3 rings (SSSR count). The van der Waals surface area contributed by atoms with Gasteiger partial charge in [0.1, 0.15) is 0 Å². The lowest BCUT2D eigenvalue weighted by molar-refractivity contribution is -0.388. The quantitative estimate of drug-likeness (QED) is 0.443. The summed E-state index contributed by atoms with van der Waals surface area (Å²) in [6.45, 7) is 9.60. The Bertz CT molecular complexity index is 1210. The van der Waals surface area contributed by atoms with Crippen LogP contribution in [0.5, 0.6) is 0 Å². The van der Waals surface area contributed by atoms with Crippen molar-refractivity contribution in [2.75, 3.05) is 0 Å². The van der Waals surface area contributed by atoms with Gasteiger partial charge in [-0.3, -0.25) is 10.1 Å². The van der Waals surface area contributed by atoms with Crippen LogP contribution in [0.15, 0.2) is 47.5 Å². The molecule has 0 fully saturated rings. The van der Waals surface area contributed by atoms with Gasteiger partial charge in [0.25, 0.3) is 5.69 Å². The predicted molar refractivity (Wildman–Crippen MR) is 118 cm³/mol. The van der Waals surface area contributed by atoms with Crippen molar-refractivity contribution in [1.82, 2.24) is 9.29 Å². The van der Waals surface area contributed by atoms with E-state index in [9.17, 15) is 18.5 Å². The largest absolute Gasteiger partial charge is 0.346 e. The molecule has 1 N–H and O–H groups in total. The fourth-order valence-corrected chi connectivity index (χ4v) is 5.61. The molecule has 0 radical (unpaired) electrons. The maximum Gasteiger partial charge on any atom is 0.289 e. The molecule has 1 heterocycles. The molecule has 8 heteroatoms. The fourth-order valence-electron chi connectivity index (χ4n) is 3.85. The zero-order valence-electron chi connectivity index (χ0n) is 17.8. The number of rotatable bonds is 7. The van der Waals surface area contributed by atoms with Gasteiger partial charge >= 0.3 is 0 Å². The van der Waals surface area contributed by atoms with Crippen molar-refractivity contribution in [1.29, 1.82) is 0 Å². The molecule has 0 bridgehead atoms. The number of hydrogen-bond donors (Lipinski definition) is 1. The zero-order valence-corrected chi connectivity index (χ0v) is 18.7. The highest BCUT2D eigenvalue weighted by Crippen LogP contribution is 2.29. The van der Waals surface area contributed by atoms with Crippen LogP contribution in [-0.2, 0) is 16.6 Å². The summed E-state index contributed by atoms with van der Waals surface area (Å²) in [5, 5.41) is 12.7. The van der Waals surface area contributed by atoms with Crippen LogP contribution in [0.3, 0.4) is 0 Å². The second-order valence-corrected chi connectivity index (χ2v) is 9.79. The van der Waals surface area contributed by atoms with Crippen LogP contribution in [0.2, 0.25) is 0 Å². The van der Waals surface area contributed by atoms with Gasteiger partial charge < -0.3 is 4.57 Å². The molecule has 0 saturated heterocycles. The second kappa shape index (κ2) is 8.20. The monoisotopic (exact) mass is 429 g/mol. The van der Waals surface area contributed by atoms with Gasteiger partial charge in [-0.2, -0.15) is 0 Å². The molecular weight excluding hydrogens is 402 g/mol. The van der Waals surface area contributed by atoms with Crippen molar-refractivity contribution < 1.29 is 13.3 Å². The molecule has 2 aromatic carbocycles. The summed E-state index contributed by atoms with van der Waals surface area (Å²) in [5.41, 5.74) is 2.75. The van der Waals surface area contributed by atoms with Crippen LogP contribution in [0, 0.1) is 36.8 Å². The number of aromatic nitrogens is 1. The maximum atomic E-state index is 13.2. The molecule has 0 aliphatic heterocycles. The number of aryl methyl sites for hydroxylation is 3. The average Bonchev–Trinajstić information content (AvgIpc) is 2.96. The molecule has 30 heavy (non-hydrogen) atoms. The van der Waals surface area contributed by atoms with Gasteiger partial charge in [0.05, 0.1) is 4.92 Å². The molecule has 0 saturated carbocycles. The third-order valence-electron chi connectivity index (χ3n) is 5.36. The summed E-state index contributed by atoms with van der Waals surface area (Å²) < 4.78 is 31.2. The summed E-state index contributed by atoms with van der Waals surface area (Å²) in [6, 6.07) is 10.5. The summed E-state index contributed by atoms with van der Waals surface area (Å²) in [5.74, 6) is -0.0222. The van der Waals surface area contributed by atoms with Crippen LogP contribution in [-0.4, -0.2) is 24.0 Å². The third-order valence-corrected chi connectivity index (χ3v) is 7.04. The number of nitro benzene ring substituents is 1. The highest BCUT2D eigenvalue weighted by Gasteiger charge is 2.31. The third kappa shape index (κ3) is 4.24. The van der Waals surface area contributed by atoms with E-state index < -0.39 is 26.7 Å². The van der Waals surface area contributed by atoms with Gasteiger partial charge in [-0.25, -0.2) is 13.1 Å². The first kappa shape index (κ1) is 22.0. The number of sulfonamides is 1. The Morgan fingerprint density at radius 3 is 2.40 bits per heavy atom. The van der Waals surface area contributed by atoms with Gasteiger partial charge in [0.15, 0.2) is 4.90 Å². The smallest absolute Gasteiger partial charge is 0.289 e. The summed E-state index contributed by atoms with van der Waals surface area (Å²) in [6.07, 6.45) is 2.01. The Balaban J connectivity index is 2.00. The molecule has 7 nitrogen and oxygen atoms in total. The Morgan fingerprint density at radius 1 is 1.10 bits per heavy atom. The van der Waals surface area contributed by atoms with Crippen molar-refractivity contribution in [3.8, 4) is 0 Å². The molecule has 0 aliphatic rings. The molecule has 0 amide bonds. The number of nitro groups is 1. The van der Waals surface area contributed by atoms with E-state index in [1.165, 1.54) is 6.07 Å². The van der Waals surface area contributed by atoms with Crippen molar-refractivity contribution in [3.05, 3.63) is 69.4 Å². The summed E-state index contributed by atoms with van der Waals surface area (Å²) in [4.78, 5) is 10.6. The van der Waals surface area contributed by atoms with Crippen molar-refractivity contribution in [2.24, 2.45) is 5.92 Å². The normalized spacial score (nSPS) is 13.1. The van der Waals surface area contributed by atoms with E-state index in [0.717, 1.165) is 16.5 Å². The van der Waals surface area contributed by atoms with Crippen LogP contribution in [0.1, 0.15) is 30.5 Å². The van der Waals surface area contributed by atoms with E-state index in [-0.39, 0.29) is 10.8 Å². The average molecular weight is 430 g/mol. The Labute approximate surface area is 176 Å². The number of hydrogen-bond acceptors (Lipinski definition) is 4. The first-order chi connectivity index (χ1) is 14.0. The maximum absolute atomic E-state index is 13.2. The molecule has 160 valence electrons. The number of benzene rings is 2. The minimum Gasteiger partial charge on any atom is -0.346 e. The zero-order chi connectivity index (χ0) is 22.2. The highest BCUT2D eigenvalue weighted by molar-refractivity contribution is 7.89. The summed E-state index contributed by atoms with van der Waals surface area (Å²) in [7, 11) is -4.10. The molecule has 1 aromatic heterocycles. The molecule has 1 atom stereocenters. The first-order valence-corrected chi connectivity index (χ1v) is 11.3. The minimum atomic E-state index is -4.10. The van der Waals surface area contributed by atoms with Gasteiger partial charge in [-0.05, 0) is 49.4 Å². The van der Waals surface area contributed by atoms with E-state index in [1.807, 2.05) is 55.8 Å². The van der Waals surface area contributed by atoms with Crippen LogP contribution >= 0.6 is 0 Å². The highest BCUT2D eigenvalue weighted by atomic mass is 32.2. The van der Waals surface area contributed by atoms with Gasteiger partial charge in [0, 0.05) is 35.8 Å². The number of fused-ring (bicyclic) bond motifs is 1. The SMILES string of the molecule is Cc1cc(C)c(S(=O)(=O)NC(Cn2cc(C)c3ccccc32)C(C)C)c([N+](=O)[O-])c1. The number of nitrogens with zero attached hydrogens (tertiary/aromatic N) is 2. The standard InChI is InChI=1S/C22H27N3O4S/c1-14(2)19(13-24-12-17(5)18-8-6-7-9-20(18)24)23-30(28,29)22-16(4)10-15(3)11-21(22)25(26)27/h6-12,14,19,23H,13H2,1-5H3. The molecule has 1 unspecified atom stereocenters.